The number of rotatable bonds is 3. The van der Waals surface area contributed by atoms with E-state index in [9.17, 15) is 4.39 Å². The van der Waals surface area contributed by atoms with E-state index in [1.165, 1.54) is 18.5 Å². The number of hydrogen-bond acceptors (Lipinski definition) is 3. The van der Waals surface area contributed by atoms with Gasteiger partial charge in [0.15, 0.2) is 0 Å². The Morgan fingerprint density at radius 2 is 1.95 bits per heavy atom. The number of halogens is 4. The van der Waals surface area contributed by atoms with Gasteiger partial charge >= 0.3 is 0 Å². The molecule has 0 saturated carbocycles. The van der Waals surface area contributed by atoms with Gasteiger partial charge in [-0.3, -0.25) is 0 Å². The summed E-state index contributed by atoms with van der Waals surface area (Å²) >= 11 is 15.4. The Hall–Kier alpha value is -0.910. The van der Waals surface area contributed by atoms with Crippen molar-refractivity contribution < 1.29 is 4.39 Å². The Bertz CT molecular complexity index is 627. The van der Waals surface area contributed by atoms with Gasteiger partial charge in [0.25, 0.3) is 0 Å². The molecule has 0 bridgehead atoms. The number of aromatic nitrogens is 2. The van der Waals surface area contributed by atoms with Crippen LogP contribution >= 0.6 is 39.1 Å². The van der Waals surface area contributed by atoms with Gasteiger partial charge in [0, 0.05) is 10.0 Å². The predicted octanol–water partition coefficient (Wildman–Crippen LogP) is 5.55. The number of nitrogens with one attached hydrogen (secondary N) is 1. The summed E-state index contributed by atoms with van der Waals surface area (Å²) in [5.74, 6) is 0.260. The summed E-state index contributed by atoms with van der Waals surface area (Å²) in [7, 11) is 0. The van der Waals surface area contributed by atoms with E-state index in [-0.39, 0.29) is 10.9 Å². The highest BCUT2D eigenvalue weighted by Gasteiger charge is 2.16. The highest BCUT2D eigenvalue weighted by molar-refractivity contribution is 9.10. The monoisotopic (exact) mass is 377 g/mol. The average Bonchev–Trinajstić information content (AvgIpc) is 2.33. The van der Waals surface area contributed by atoms with Crippen molar-refractivity contribution in [3.05, 3.63) is 44.5 Å². The Labute approximate surface area is 134 Å². The quantitative estimate of drug-likeness (QED) is 0.711. The Kier molecular flexibility index (Phi) is 4.83. The van der Waals surface area contributed by atoms with Gasteiger partial charge in [-0.1, -0.05) is 37.0 Å². The molecule has 1 heterocycles. The maximum atomic E-state index is 13.2. The number of nitrogens with zero attached hydrogens (tertiary/aromatic N) is 2. The molecule has 0 atom stereocenters. The molecule has 0 aliphatic carbocycles. The minimum atomic E-state index is -0.419. The normalized spacial score (nSPS) is 10.9. The van der Waals surface area contributed by atoms with Crippen LogP contribution in [0.4, 0.5) is 15.9 Å². The average molecular weight is 379 g/mol. The van der Waals surface area contributed by atoms with E-state index < -0.39 is 5.82 Å². The lowest BCUT2D eigenvalue weighted by atomic mass is 10.1. The zero-order valence-corrected chi connectivity index (χ0v) is 13.8. The topological polar surface area (TPSA) is 37.8 Å². The summed E-state index contributed by atoms with van der Waals surface area (Å²) in [5, 5.41) is 3.71. The fourth-order valence-electron chi connectivity index (χ4n) is 1.77. The fourth-order valence-corrected chi connectivity index (χ4v) is 3.02. The van der Waals surface area contributed by atoms with Gasteiger partial charge in [0.1, 0.15) is 23.1 Å². The molecular weight excluding hydrogens is 368 g/mol. The minimum absolute atomic E-state index is 0.129. The third-order valence-corrected chi connectivity index (χ3v) is 3.89. The molecule has 0 radical (unpaired) electrons. The van der Waals surface area contributed by atoms with Crippen molar-refractivity contribution >= 4 is 50.6 Å². The van der Waals surface area contributed by atoms with Crippen LogP contribution in [0.2, 0.25) is 10.2 Å². The van der Waals surface area contributed by atoms with Crippen LogP contribution < -0.4 is 5.32 Å². The number of benzene rings is 1. The molecule has 0 aliphatic heterocycles. The molecule has 1 N–H and O–H groups in total. The van der Waals surface area contributed by atoms with Gasteiger partial charge in [0.05, 0.1) is 10.7 Å². The van der Waals surface area contributed by atoms with Crippen LogP contribution in [0.25, 0.3) is 0 Å². The number of anilines is 2. The molecule has 0 saturated heterocycles. The van der Waals surface area contributed by atoms with E-state index in [2.05, 4.69) is 31.2 Å². The molecule has 7 heteroatoms. The highest BCUT2D eigenvalue weighted by Crippen LogP contribution is 2.36. The first-order valence-electron chi connectivity index (χ1n) is 5.82. The zero-order chi connectivity index (χ0) is 14.9. The van der Waals surface area contributed by atoms with Crippen molar-refractivity contribution in [3.8, 4) is 0 Å². The predicted molar refractivity (Wildman–Crippen MR) is 83.5 cm³/mol. The van der Waals surface area contributed by atoms with Crippen LogP contribution in [0.5, 0.6) is 0 Å². The molecule has 20 heavy (non-hydrogen) atoms. The van der Waals surface area contributed by atoms with E-state index in [0.29, 0.717) is 21.1 Å². The summed E-state index contributed by atoms with van der Waals surface area (Å²) in [4.78, 5) is 8.15. The van der Waals surface area contributed by atoms with E-state index >= 15 is 0 Å². The Balaban J connectivity index is 2.48. The smallest absolute Gasteiger partial charge is 0.138 e. The molecular formula is C13H11BrCl2FN3. The second-order valence-electron chi connectivity index (χ2n) is 4.45. The van der Waals surface area contributed by atoms with Crippen LogP contribution in [0.1, 0.15) is 25.3 Å². The second-order valence-corrected chi connectivity index (χ2v) is 6.07. The van der Waals surface area contributed by atoms with Gasteiger partial charge in [0.2, 0.25) is 0 Å². The standard InChI is InChI=1S/C13H11BrCl2FN3/c1-6(2)10-12(16)18-5-19-13(10)20-11-8(14)3-7(17)4-9(11)15/h3-6H,1-2H3,(H,18,19,20). The summed E-state index contributed by atoms with van der Waals surface area (Å²) in [6, 6.07) is 2.55. The highest BCUT2D eigenvalue weighted by atomic mass is 79.9. The first-order chi connectivity index (χ1) is 9.40. The number of hydrogen-bond donors (Lipinski definition) is 1. The largest absolute Gasteiger partial charge is 0.338 e. The third kappa shape index (κ3) is 3.22. The minimum Gasteiger partial charge on any atom is -0.338 e. The van der Waals surface area contributed by atoms with Crippen molar-refractivity contribution in [2.24, 2.45) is 0 Å². The molecule has 0 unspecified atom stereocenters. The Morgan fingerprint density at radius 1 is 1.25 bits per heavy atom. The lowest BCUT2D eigenvalue weighted by molar-refractivity contribution is 0.627. The van der Waals surface area contributed by atoms with Gasteiger partial charge in [-0.25, -0.2) is 14.4 Å². The molecule has 3 nitrogen and oxygen atoms in total. The maximum absolute atomic E-state index is 13.2. The van der Waals surface area contributed by atoms with Crippen molar-refractivity contribution in [2.45, 2.75) is 19.8 Å². The zero-order valence-electron chi connectivity index (χ0n) is 10.7. The summed E-state index contributed by atoms with van der Waals surface area (Å²) in [6.07, 6.45) is 1.36. The SMILES string of the molecule is CC(C)c1c(Cl)ncnc1Nc1c(Cl)cc(F)cc1Br. The molecule has 1 aromatic carbocycles. The van der Waals surface area contributed by atoms with E-state index in [0.717, 1.165) is 5.56 Å². The lowest BCUT2D eigenvalue weighted by Crippen LogP contribution is -2.04. The van der Waals surface area contributed by atoms with E-state index in [1.54, 1.807) is 0 Å². The van der Waals surface area contributed by atoms with Crippen molar-refractivity contribution in [3.63, 3.8) is 0 Å². The third-order valence-electron chi connectivity index (χ3n) is 2.66. The fraction of sp³-hybridized carbons (Fsp3) is 0.231. The lowest BCUT2D eigenvalue weighted by Gasteiger charge is -2.16. The van der Waals surface area contributed by atoms with Crippen molar-refractivity contribution in [1.82, 2.24) is 9.97 Å². The first kappa shape index (κ1) is 15.5. The van der Waals surface area contributed by atoms with Gasteiger partial charge in [-0.2, -0.15) is 0 Å². The molecule has 106 valence electrons. The molecule has 0 spiro atoms. The molecule has 0 amide bonds. The molecule has 0 aliphatic rings. The van der Waals surface area contributed by atoms with Crippen LogP contribution in [-0.2, 0) is 0 Å². The first-order valence-corrected chi connectivity index (χ1v) is 7.37. The van der Waals surface area contributed by atoms with Gasteiger partial charge in [-0.15, -0.1) is 0 Å². The van der Waals surface area contributed by atoms with Crippen LogP contribution in [0.3, 0.4) is 0 Å². The van der Waals surface area contributed by atoms with Crippen molar-refractivity contribution in [2.75, 3.05) is 5.32 Å². The summed E-state index contributed by atoms with van der Waals surface area (Å²) < 4.78 is 13.7. The molecule has 0 fully saturated rings. The molecule has 2 aromatic rings. The van der Waals surface area contributed by atoms with E-state index in [1.807, 2.05) is 13.8 Å². The maximum Gasteiger partial charge on any atom is 0.138 e. The van der Waals surface area contributed by atoms with Crippen LogP contribution in [0.15, 0.2) is 22.9 Å². The van der Waals surface area contributed by atoms with Crippen LogP contribution in [0, 0.1) is 5.82 Å². The Morgan fingerprint density at radius 3 is 2.55 bits per heavy atom. The molecule has 1 aromatic heterocycles. The van der Waals surface area contributed by atoms with Crippen LogP contribution in [-0.4, -0.2) is 9.97 Å². The molecule has 2 rings (SSSR count). The van der Waals surface area contributed by atoms with Gasteiger partial charge in [-0.05, 0) is 34.0 Å². The van der Waals surface area contributed by atoms with Gasteiger partial charge < -0.3 is 5.32 Å². The second kappa shape index (κ2) is 6.24. The van der Waals surface area contributed by atoms with Crippen molar-refractivity contribution in [1.29, 1.82) is 0 Å². The summed E-state index contributed by atoms with van der Waals surface area (Å²) in [6.45, 7) is 3.97. The summed E-state index contributed by atoms with van der Waals surface area (Å²) in [5.41, 5.74) is 1.31. The van der Waals surface area contributed by atoms with E-state index in [4.69, 9.17) is 23.2 Å².